The molecule has 0 amide bonds. The number of carbonyl (C=O) groups excluding carboxylic acids is 2. The third-order valence-electron chi connectivity index (χ3n) is 5.49. The van der Waals surface area contributed by atoms with Crippen LogP contribution in [0, 0.1) is 0 Å². The number of hydrogen-bond acceptors (Lipinski definition) is 5. The maximum absolute atomic E-state index is 12.3. The van der Waals surface area contributed by atoms with E-state index in [1.165, 1.54) is 12.2 Å². The highest BCUT2D eigenvalue weighted by molar-refractivity contribution is 6.11. The molecule has 35 heavy (non-hydrogen) atoms. The standard InChI is InChI=1S/C29H26N2O4/c1-31-16-14-23-17-21(7-13-28(23)31)6-10-25(32)18-26(33)11-8-22-9-12-27(19-29(22)34-2)35-20-24-5-3-4-15-30-24/h3-17,19H,18,20H2,1-2H3. The zero-order chi connectivity index (χ0) is 24.6. The highest BCUT2D eigenvalue weighted by Crippen LogP contribution is 2.26. The number of benzene rings is 2. The zero-order valence-electron chi connectivity index (χ0n) is 19.7. The second kappa shape index (κ2) is 11.1. The van der Waals surface area contributed by atoms with E-state index in [-0.39, 0.29) is 18.0 Å². The molecule has 0 fully saturated rings. The summed E-state index contributed by atoms with van der Waals surface area (Å²) in [4.78, 5) is 28.8. The SMILES string of the molecule is COc1cc(OCc2ccccn2)ccc1C=CC(=O)CC(=O)C=Cc1ccc2c(ccn2C)c1. The van der Waals surface area contributed by atoms with Crippen LogP contribution >= 0.6 is 0 Å². The molecule has 4 aromatic rings. The number of ether oxygens (including phenoxy) is 2. The molecule has 0 saturated heterocycles. The van der Waals surface area contributed by atoms with E-state index >= 15 is 0 Å². The van der Waals surface area contributed by atoms with Crippen LogP contribution in [0.1, 0.15) is 23.2 Å². The fourth-order valence-electron chi connectivity index (χ4n) is 3.62. The highest BCUT2D eigenvalue weighted by Gasteiger charge is 2.07. The number of aromatic nitrogens is 2. The Morgan fingerprint density at radius 1 is 0.971 bits per heavy atom. The van der Waals surface area contributed by atoms with Gasteiger partial charge in [0.05, 0.1) is 19.2 Å². The quantitative estimate of drug-likeness (QED) is 0.231. The molecule has 0 aliphatic heterocycles. The third-order valence-corrected chi connectivity index (χ3v) is 5.49. The maximum atomic E-state index is 12.3. The molecule has 176 valence electrons. The van der Waals surface area contributed by atoms with Gasteiger partial charge >= 0.3 is 0 Å². The van der Waals surface area contributed by atoms with Gasteiger partial charge in [-0.25, -0.2) is 0 Å². The minimum atomic E-state index is -0.282. The second-order valence-corrected chi connectivity index (χ2v) is 8.03. The molecular formula is C29H26N2O4. The number of carbonyl (C=O) groups is 2. The lowest BCUT2D eigenvalue weighted by atomic mass is 10.1. The van der Waals surface area contributed by atoms with Gasteiger partial charge in [-0.1, -0.05) is 18.2 Å². The van der Waals surface area contributed by atoms with Crippen molar-refractivity contribution in [2.45, 2.75) is 13.0 Å². The van der Waals surface area contributed by atoms with Gasteiger partial charge < -0.3 is 14.0 Å². The van der Waals surface area contributed by atoms with Gasteiger partial charge in [-0.2, -0.15) is 0 Å². The molecule has 4 rings (SSSR count). The van der Waals surface area contributed by atoms with Crippen molar-refractivity contribution in [1.29, 1.82) is 0 Å². The summed E-state index contributed by atoms with van der Waals surface area (Å²) in [5.74, 6) is 0.661. The molecule has 2 aromatic heterocycles. The van der Waals surface area contributed by atoms with Crippen LogP contribution in [-0.4, -0.2) is 28.2 Å². The van der Waals surface area contributed by atoms with Crippen molar-refractivity contribution < 1.29 is 19.1 Å². The number of fused-ring (bicyclic) bond motifs is 1. The van der Waals surface area contributed by atoms with Gasteiger partial charge in [0.15, 0.2) is 11.6 Å². The Morgan fingerprint density at radius 2 is 1.80 bits per heavy atom. The fraction of sp³-hybridized carbons (Fsp3) is 0.138. The van der Waals surface area contributed by atoms with Crippen LogP contribution in [0.4, 0.5) is 0 Å². The van der Waals surface area contributed by atoms with Crippen molar-refractivity contribution in [1.82, 2.24) is 9.55 Å². The Bertz CT molecular complexity index is 1400. The zero-order valence-corrected chi connectivity index (χ0v) is 19.7. The van der Waals surface area contributed by atoms with E-state index in [0.29, 0.717) is 23.7 Å². The topological polar surface area (TPSA) is 70.4 Å². The fourth-order valence-corrected chi connectivity index (χ4v) is 3.62. The van der Waals surface area contributed by atoms with Gasteiger partial charge in [-0.15, -0.1) is 0 Å². The minimum Gasteiger partial charge on any atom is -0.496 e. The number of hydrogen-bond donors (Lipinski definition) is 0. The molecule has 0 aliphatic carbocycles. The van der Waals surface area contributed by atoms with Crippen molar-refractivity contribution in [3.05, 3.63) is 102 Å². The van der Waals surface area contributed by atoms with E-state index in [4.69, 9.17) is 9.47 Å². The Balaban J connectivity index is 1.33. The van der Waals surface area contributed by atoms with E-state index in [1.54, 1.807) is 43.7 Å². The van der Waals surface area contributed by atoms with E-state index in [0.717, 1.165) is 22.2 Å². The molecule has 0 saturated carbocycles. The van der Waals surface area contributed by atoms with Crippen molar-refractivity contribution in [2.75, 3.05) is 7.11 Å². The predicted molar refractivity (Wildman–Crippen MR) is 137 cm³/mol. The monoisotopic (exact) mass is 466 g/mol. The summed E-state index contributed by atoms with van der Waals surface area (Å²) in [6.45, 7) is 0.340. The molecule has 2 aromatic carbocycles. The van der Waals surface area contributed by atoms with Crippen LogP contribution in [0.25, 0.3) is 23.1 Å². The van der Waals surface area contributed by atoms with Gasteiger partial charge in [0.2, 0.25) is 0 Å². The normalized spacial score (nSPS) is 11.4. The number of aryl methyl sites for hydroxylation is 1. The summed E-state index contributed by atoms with van der Waals surface area (Å²) < 4.78 is 13.2. The van der Waals surface area contributed by atoms with Crippen LogP contribution < -0.4 is 9.47 Å². The number of nitrogens with zero attached hydrogens (tertiary/aromatic N) is 2. The van der Waals surface area contributed by atoms with Crippen molar-refractivity contribution in [3.8, 4) is 11.5 Å². The molecule has 0 N–H and O–H groups in total. The van der Waals surface area contributed by atoms with Gasteiger partial charge in [-0.05, 0) is 66.3 Å². The van der Waals surface area contributed by atoms with Crippen LogP contribution in [0.3, 0.4) is 0 Å². The van der Waals surface area contributed by atoms with Gasteiger partial charge in [0.1, 0.15) is 18.1 Å². The van der Waals surface area contributed by atoms with Crippen molar-refractivity contribution in [2.24, 2.45) is 7.05 Å². The number of allylic oxidation sites excluding steroid dienone is 2. The molecule has 0 bridgehead atoms. The molecule has 0 atom stereocenters. The summed E-state index contributed by atoms with van der Waals surface area (Å²) >= 11 is 0. The van der Waals surface area contributed by atoms with E-state index in [2.05, 4.69) is 4.98 Å². The lowest BCUT2D eigenvalue weighted by molar-refractivity contribution is -0.121. The average Bonchev–Trinajstić information content (AvgIpc) is 3.25. The van der Waals surface area contributed by atoms with Gasteiger partial charge in [0.25, 0.3) is 0 Å². The van der Waals surface area contributed by atoms with Crippen LogP contribution in [-0.2, 0) is 23.2 Å². The van der Waals surface area contributed by atoms with E-state index in [9.17, 15) is 9.59 Å². The number of methoxy groups -OCH3 is 1. The molecule has 6 heteroatoms. The van der Waals surface area contributed by atoms with E-state index < -0.39 is 0 Å². The number of rotatable bonds is 10. The summed E-state index contributed by atoms with van der Waals surface area (Å²) in [5, 5.41) is 1.10. The summed E-state index contributed by atoms with van der Waals surface area (Å²) in [6, 6.07) is 19.0. The smallest absolute Gasteiger partial charge is 0.163 e. The summed E-state index contributed by atoms with van der Waals surface area (Å²) in [6.07, 6.45) is 9.73. The van der Waals surface area contributed by atoms with Crippen LogP contribution in [0.2, 0.25) is 0 Å². The second-order valence-electron chi connectivity index (χ2n) is 8.03. The van der Waals surface area contributed by atoms with Crippen LogP contribution in [0.5, 0.6) is 11.5 Å². The lowest BCUT2D eigenvalue weighted by Crippen LogP contribution is -2.02. The first kappa shape index (κ1) is 23.7. The van der Waals surface area contributed by atoms with Gasteiger partial charge in [0, 0.05) is 42.0 Å². The Kier molecular flexibility index (Phi) is 7.53. The average molecular weight is 467 g/mol. The van der Waals surface area contributed by atoms with Crippen LogP contribution in [0.15, 0.2) is 85.2 Å². The molecule has 0 spiro atoms. The Hall–Kier alpha value is -4.45. The first-order valence-electron chi connectivity index (χ1n) is 11.2. The maximum Gasteiger partial charge on any atom is 0.163 e. The Morgan fingerprint density at radius 3 is 2.57 bits per heavy atom. The molecule has 0 radical (unpaired) electrons. The summed E-state index contributed by atoms with van der Waals surface area (Å²) in [5.41, 5.74) is 3.57. The first-order valence-corrected chi connectivity index (χ1v) is 11.2. The third kappa shape index (κ3) is 6.32. The molecule has 0 unspecified atom stereocenters. The minimum absolute atomic E-state index is 0.200. The molecule has 2 heterocycles. The van der Waals surface area contributed by atoms with Crippen molar-refractivity contribution >= 4 is 34.6 Å². The lowest BCUT2D eigenvalue weighted by Gasteiger charge is -2.09. The number of pyridine rings is 1. The predicted octanol–water partition coefficient (Wildman–Crippen LogP) is 5.42. The highest BCUT2D eigenvalue weighted by atomic mass is 16.5. The summed E-state index contributed by atoms with van der Waals surface area (Å²) in [7, 11) is 3.54. The first-order chi connectivity index (χ1) is 17.0. The molecule has 6 nitrogen and oxygen atoms in total. The van der Waals surface area contributed by atoms with E-state index in [1.807, 2.05) is 60.3 Å². The van der Waals surface area contributed by atoms with Gasteiger partial charge in [-0.3, -0.25) is 14.6 Å². The number of ketones is 2. The largest absolute Gasteiger partial charge is 0.496 e. The Labute approximate surface area is 204 Å². The molecular weight excluding hydrogens is 440 g/mol. The van der Waals surface area contributed by atoms with Crippen molar-refractivity contribution in [3.63, 3.8) is 0 Å². The molecule has 0 aliphatic rings.